The van der Waals surface area contributed by atoms with Gasteiger partial charge in [0.2, 0.25) is 5.91 Å². The van der Waals surface area contributed by atoms with Gasteiger partial charge in [-0.25, -0.2) is 0 Å². The van der Waals surface area contributed by atoms with Crippen molar-refractivity contribution in [3.05, 3.63) is 36.0 Å². The summed E-state index contributed by atoms with van der Waals surface area (Å²) >= 11 is 1.74. The van der Waals surface area contributed by atoms with Gasteiger partial charge in [-0.05, 0) is 12.1 Å². The predicted molar refractivity (Wildman–Crippen MR) is 87.2 cm³/mol. The number of para-hydroxylation sites is 1. The zero-order chi connectivity index (χ0) is 15.3. The van der Waals surface area contributed by atoms with E-state index in [9.17, 15) is 4.79 Å². The number of hydrogen-bond donors (Lipinski definition) is 1. The van der Waals surface area contributed by atoms with Crippen molar-refractivity contribution in [1.29, 1.82) is 0 Å². The maximum absolute atomic E-state index is 11.4. The molecule has 4 heteroatoms. The van der Waals surface area contributed by atoms with E-state index in [0.29, 0.717) is 5.56 Å². The monoisotopic (exact) mass is 290 g/mol. The van der Waals surface area contributed by atoms with E-state index in [1.165, 1.54) is 0 Å². The van der Waals surface area contributed by atoms with Crippen LogP contribution in [0.1, 0.15) is 45.0 Å². The van der Waals surface area contributed by atoms with Crippen molar-refractivity contribution >= 4 is 28.6 Å². The summed E-state index contributed by atoms with van der Waals surface area (Å²) in [6.45, 7) is 10.4. The lowest BCUT2D eigenvalue weighted by molar-refractivity contribution is 0.100. The second-order valence-electron chi connectivity index (χ2n) is 5.09. The summed E-state index contributed by atoms with van der Waals surface area (Å²) in [7, 11) is 0. The number of carbonyl (C=O) groups excluding carboxylic acids is 1. The Hall–Kier alpha value is -1.55. The van der Waals surface area contributed by atoms with Crippen LogP contribution in [0.3, 0.4) is 0 Å². The molecular weight excluding hydrogens is 268 g/mol. The highest BCUT2D eigenvalue weighted by Gasteiger charge is 2.16. The zero-order valence-corrected chi connectivity index (χ0v) is 13.5. The van der Waals surface area contributed by atoms with E-state index >= 15 is 0 Å². The Morgan fingerprint density at radius 3 is 2.40 bits per heavy atom. The van der Waals surface area contributed by atoms with E-state index in [1.807, 2.05) is 32.0 Å². The number of fused-ring (bicyclic) bond motifs is 1. The van der Waals surface area contributed by atoms with Crippen molar-refractivity contribution in [2.75, 3.05) is 0 Å². The summed E-state index contributed by atoms with van der Waals surface area (Å²) in [5.41, 5.74) is 6.75. The van der Waals surface area contributed by atoms with Crippen LogP contribution in [0.4, 0.5) is 0 Å². The molecule has 0 atom stereocenters. The van der Waals surface area contributed by atoms with Gasteiger partial charge in [0.15, 0.2) is 0 Å². The average Bonchev–Trinajstić information content (AvgIpc) is 2.39. The molecule has 1 aromatic carbocycles. The molecule has 2 rings (SSSR count). The normalized spacial score (nSPS) is 10.8. The van der Waals surface area contributed by atoms with E-state index < -0.39 is 5.91 Å². The van der Waals surface area contributed by atoms with Crippen LogP contribution in [-0.2, 0) is 0 Å². The summed E-state index contributed by atoms with van der Waals surface area (Å²) in [6.07, 6.45) is 1.63. The maximum Gasteiger partial charge on any atom is 0.249 e. The molecule has 108 valence electrons. The summed E-state index contributed by atoms with van der Waals surface area (Å²) in [5.74, 6) is -0.416. The highest BCUT2D eigenvalue weighted by atomic mass is 32.2. The Bertz CT molecular complexity index is 603. The van der Waals surface area contributed by atoms with E-state index in [-0.39, 0.29) is 4.75 Å². The number of primary amides is 1. The summed E-state index contributed by atoms with van der Waals surface area (Å²) in [6, 6.07) is 7.51. The van der Waals surface area contributed by atoms with Crippen molar-refractivity contribution in [3.8, 4) is 0 Å². The molecule has 1 heterocycles. The van der Waals surface area contributed by atoms with Gasteiger partial charge in [-0.3, -0.25) is 9.78 Å². The van der Waals surface area contributed by atoms with E-state index in [4.69, 9.17) is 5.73 Å². The molecule has 0 saturated carbocycles. The molecule has 0 aliphatic heterocycles. The van der Waals surface area contributed by atoms with Crippen LogP contribution in [0.25, 0.3) is 10.9 Å². The number of benzene rings is 1. The molecule has 0 unspecified atom stereocenters. The first kappa shape index (κ1) is 16.5. The third kappa shape index (κ3) is 3.97. The fourth-order valence-electron chi connectivity index (χ4n) is 1.78. The molecule has 0 radical (unpaired) electrons. The topological polar surface area (TPSA) is 56.0 Å². The number of aromatic nitrogens is 1. The minimum Gasteiger partial charge on any atom is -0.366 e. The van der Waals surface area contributed by atoms with Crippen LogP contribution >= 0.6 is 11.8 Å². The van der Waals surface area contributed by atoms with Crippen LogP contribution in [0.15, 0.2) is 35.4 Å². The van der Waals surface area contributed by atoms with Gasteiger partial charge in [0, 0.05) is 21.2 Å². The molecule has 0 aliphatic carbocycles. The minimum absolute atomic E-state index is 0.0959. The molecule has 0 spiro atoms. The summed E-state index contributed by atoms with van der Waals surface area (Å²) < 4.78 is 0.0959. The number of nitrogens with zero attached hydrogens (tertiary/aromatic N) is 1. The number of carbonyl (C=O) groups is 1. The third-order valence-corrected chi connectivity index (χ3v) is 3.58. The molecular formula is C16H22N2OS. The average molecular weight is 290 g/mol. The number of hydrogen-bond acceptors (Lipinski definition) is 3. The van der Waals surface area contributed by atoms with Crippen molar-refractivity contribution in [2.24, 2.45) is 5.73 Å². The van der Waals surface area contributed by atoms with Gasteiger partial charge in [0.05, 0.1) is 11.1 Å². The number of pyridine rings is 1. The van der Waals surface area contributed by atoms with E-state index in [2.05, 4.69) is 25.8 Å². The Morgan fingerprint density at radius 1 is 1.20 bits per heavy atom. The number of amides is 1. The second kappa shape index (κ2) is 6.75. The molecule has 1 aromatic heterocycles. The van der Waals surface area contributed by atoms with Gasteiger partial charge in [0.25, 0.3) is 0 Å². The van der Waals surface area contributed by atoms with Crippen LogP contribution in [0.2, 0.25) is 0 Å². The number of thioether (sulfide) groups is 1. The van der Waals surface area contributed by atoms with Gasteiger partial charge in [-0.15, -0.1) is 11.8 Å². The standard InChI is InChI=1S/C14H16N2OS.C2H6/c1-14(2,3)18-11-6-4-5-9-10(13(15)17)7-8-16-12(9)11;1-2/h4-8H,1-3H3,(H2,15,17);1-2H3. The van der Waals surface area contributed by atoms with Crippen molar-refractivity contribution in [2.45, 2.75) is 44.3 Å². The summed E-state index contributed by atoms with van der Waals surface area (Å²) in [5, 5.41) is 0.819. The molecule has 0 aliphatic rings. The Labute approximate surface area is 125 Å². The predicted octanol–water partition coefficient (Wildman–Crippen LogP) is 4.25. The quantitative estimate of drug-likeness (QED) is 0.841. The van der Waals surface area contributed by atoms with Gasteiger partial charge in [-0.2, -0.15) is 0 Å². The zero-order valence-electron chi connectivity index (χ0n) is 12.7. The fourth-order valence-corrected chi connectivity index (χ4v) is 2.84. The molecule has 0 bridgehead atoms. The lowest BCUT2D eigenvalue weighted by atomic mass is 10.1. The molecule has 20 heavy (non-hydrogen) atoms. The molecule has 3 nitrogen and oxygen atoms in total. The van der Waals surface area contributed by atoms with Crippen LogP contribution in [0, 0.1) is 0 Å². The largest absolute Gasteiger partial charge is 0.366 e. The molecule has 1 amide bonds. The van der Waals surface area contributed by atoms with Crippen LogP contribution in [0.5, 0.6) is 0 Å². The molecule has 0 saturated heterocycles. The van der Waals surface area contributed by atoms with E-state index in [1.54, 1.807) is 24.0 Å². The number of nitrogens with two attached hydrogens (primary N) is 1. The first-order valence-electron chi connectivity index (χ1n) is 6.75. The lowest BCUT2D eigenvalue weighted by Crippen LogP contribution is -2.12. The van der Waals surface area contributed by atoms with Crippen LogP contribution in [-0.4, -0.2) is 15.6 Å². The van der Waals surface area contributed by atoms with Crippen molar-refractivity contribution in [3.63, 3.8) is 0 Å². The Balaban J connectivity index is 0.000000956. The first-order valence-corrected chi connectivity index (χ1v) is 7.57. The summed E-state index contributed by atoms with van der Waals surface area (Å²) in [4.78, 5) is 16.9. The van der Waals surface area contributed by atoms with Crippen LogP contribution < -0.4 is 5.73 Å². The van der Waals surface area contributed by atoms with Gasteiger partial charge < -0.3 is 5.73 Å². The third-order valence-electron chi connectivity index (χ3n) is 2.42. The fraction of sp³-hybridized carbons (Fsp3) is 0.375. The Morgan fingerprint density at radius 2 is 1.85 bits per heavy atom. The highest BCUT2D eigenvalue weighted by molar-refractivity contribution is 8.00. The molecule has 2 aromatic rings. The van der Waals surface area contributed by atoms with Crippen molar-refractivity contribution in [1.82, 2.24) is 4.98 Å². The first-order chi connectivity index (χ1) is 9.38. The Kier molecular flexibility index (Phi) is 5.57. The number of rotatable bonds is 2. The van der Waals surface area contributed by atoms with Gasteiger partial charge in [-0.1, -0.05) is 46.8 Å². The molecule has 0 fully saturated rings. The van der Waals surface area contributed by atoms with Gasteiger partial charge >= 0.3 is 0 Å². The van der Waals surface area contributed by atoms with Crippen molar-refractivity contribution < 1.29 is 4.79 Å². The maximum atomic E-state index is 11.4. The highest BCUT2D eigenvalue weighted by Crippen LogP contribution is 2.36. The van der Waals surface area contributed by atoms with Gasteiger partial charge in [0.1, 0.15) is 0 Å². The smallest absolute Gasteiger partial charge is 0.249 e. The lowest BCUT2D eigenvalue weighted by Gasteiger charge is -2.18. The minimum atomic E-state index is -0.416. The van der Waals surface area contributed by atoms with E-state index in [0.717, 1.165) is 15.8 Å². The second-order valence-corrected chi connectivity index (χ2v) is 6.96. The molecule has 2 N–H and O–H groups in total. The SMILES string of the molecule is CC.CC(C)(C)Sc1cccc2c(C(N)=O)ccnc12.